The molecule has 0 aromatic rings. The molecule has 0 saturated heterocycles. The highest BCUT2D eigenvalue weighted by Crippen LogP contribution is 2.45. The number of ether oxygens (including phenoxy) is 4. The number of rotatable bonds is 82. The highest BCUT2D eigenvalue weighted by molar-refractivity contribution is 7.47. The molecule has 0 spiro atoms. The Labute approximate surface area is 638 Å². The van der Waals surface area contributed by atoms with Gasteiger partial charge in [-0.3, -0.25) is 37.3 Å². The molecule has 618 valence electrons. The van der Waals surface area contributed by atoms with Crippen molar-refractivity contribution in [3.05, 3.63) is 0 Å². The molecule has 0 aromatic carbocycles. The molecule has 0 heterocycles. The van der Waals surface area contributed by atoms with Gasteiger partial charge in [-0.2, -0.15) is 0 Å². The van der Waals surface area contributed by atoms with Gasteiger partial charge in [0, 0.05) is 25.7 Å². The second-order valence-corrected chi connectivity index (χ2v) is 34.9. The van der Waals surface area contributed by atoms with Crippen LogP contribution in [0.3, 0.4) is 0 Å². The number of carbonyl (C=O) groups is 4. The summed E-state index contributed by atoms with van der Waals surface area (Å²) < 4.78 is 68.9. The quantitative estimate of drug-likeness (QED) is 0.0222. The van der Waals surface area contributed by atoms with E-state index in [1.54, 1.807) is 0 Å². The highest BCUT2D eigenvalue weighted by Gasteiger charge is 2.30. The second-order valence-electron chi connectivity index (χ2n) is 32.0. The molecule has 4 unspecified atom stereocenters. The van der Waals surface area contributed by atoms with Gasteiger partial charge in [-0.15, -0.1) is 0 Å². The Morgan fingerprint density at radius 2 is 0.462 bits per heavy atom. The molecule has 19 heteroatoms. The summed E-state index contributed by atoms with van der Waals surface area (Å²) >= 11 is 0. The van der Waals surface area contributed by atoms with E-state index in [0.717, 1.165) is 114 Å². The average molecular weight is 1520 g/mol. The van der Waals surface area contributed by atoms with Crippen molar-refractivity contribution in [1.29, 1.82) is 0 Å². The van der Waals surface area contributed by atoms with Crippen molar-refractivity contribution in [1.82, 2.24) is 0 Å². The minimum atomic E-state index is -4.97. The number of phosphoric ester groups is 2. The molecule has 0 radical (unpaired) electrons. The standard InChI is InChI=1S/C85H166O17P2/c1-9-77(7)63-55-47-39-31-25-19-13-16-22-28-34-44-52-60-68-84(89)101-80(71-95-82(87)65-57-49-41-32-26-20-14-11-17-23-29-37-45-53-61-75(3)4)73-99-103(91,92)97-69-79(86)70-98-104(93,94)100-74-81(72-96-83(88)66-58-50-42-36-35-40-48-56-64-78(8)10-2)102-85(90)67-59-51-43-33-27-21-15-12-18-24-30-38-46-54-62-76(5)6/h75-81,86H,9-74H2,1-8H3,(H,91,92)(H,93,94)/t77?,78?,79-,80-,81-/m1/s1. The van der Waals surface area contributed by atoms with E-state index < -0.39 is 97.5 Å². The number of phosphoric acid groups is 2. The third-order valence-corrected chi connectivity index (χ3v) is 22.4. The lowest BCUT2D eigenvalue weighted by Gasteiger charge is -2.21. The zero-order valence-electron chi connectivity index (χ0n) is 68.7. The number of aliphatic hydroxyl groups is 1. The van der Waals surface area contributed by atoms with E-state index in [0.29, 0.717) is 25.7 Å². The van der Waals surface area contributed by atoms with E-state index in [4.69, 9.17) is 37.0 Å². The molecule has 3 N–H and O–H groups in total. The first-order valence-corrected chi connectivity index (χ1v) is 46.8. The van der Waals surface area contributed by atoms with Crippen LogP contribution in [0.15, 0.2) is 0 Å². The Morgan fingerprint density at radius 1 is 0.269 bits per heavy atom. The fourth-order valence-electron chi connectivity index (χ4n) is 13.1. The van der Waals surface area contributed by atoms with Crippen LogP contribution < -0.4 is 0 Å². The van der Waals surface area contributed by atoms with Gasteiger partial charge in [0.05, 0.1) is 26.4 Å². The maximum Gasteiger partial charge on any atom is 0.472 e. The van der Waals surface area contributed by atoms with E-state index in [9.17, 15) is 43.2 Å². The van der Waals surface area contributed by atoms with Crippen molar-refractivity contribution in [2.45, 2.75) is 459 Å². The van der Waals surface area contributed by atoms with E-state index in [1.807, 2.05) is 0 Å². The van der Waals surface area contributed by atoms with Crippen LogP contribution >= 0.6 is 15.6 Å². The summed E-state index contributed by atoms with van der Waals surface area (Å²) in [5.41, 5.74) is 0. The van der Waals surface area contributed by atoms with Gasteiger partial charge < -0.3 is 33.8 Å². The molecule has 0 aliphatic heterocycles. The Morgan fingerprint density at radius 3 is 0.683 bits per heavy atom. The van der Waals surface area contributed by atoms with Crippen LogP contribution in [0.25, 0.3) is 0 Å². The highest BCUT2D eigenvalue weighted by atomic mass is 31.2. The molecule has 0 aromatic heterocycles. The molecular formula is C85H166O17P2. The molecule has 0 aliphatic rings. The minimum absolute atomic E-state index is 0.107. The number of hydrogen-bond donors (Lipinski definition) is 3. The monoisotopic (exact) mass is 1520 g/mol. The van der Waals surface area contributed by atoms with Gasteiger partial charge in [0.15, 0.2) is 12.2 Å². The van der Waals surface area contributed by atoms with Crippen LogP contribution in [0, 0.1) is 23.7 Å². The third kappa shape index (κ3) is 75.5. The molecule has 17 nitrogen and oxygen atoms in total. The van der Waals surface area contributed by atoms with Crippen molar-refractivity contribution < 1.29 is 80.2 Å². The molecule has 0 bridgehead atoms. The lowest BCUT2D eigenvalue weighted by molar-refractivity contribution is -0.161. The van der Waals surface area contributed by atoms with Crippen molar-refractivity contribution in [3.63, 3.8) is 0 Å². The number of carbonyl (C=O) groups excluding carboxylic acids is 4. The second kappa shape index (κ2) is 73.8. The SMILES string of the molecule is CCC(C)CCCCCCCCCCCCCCCCC(=O)O[C@H](COC(=O)CCCCCCCCCCCCCCCCC(C)C)COP(=O)(O)OC[C@@H](O)COP(=O)(O)OC[C@@H](COC(=O)CCCCCCCCCCC(C)CC)OC(=O)CCCCCCCCCCCCCCCCC(C)C. The Kier molecular flexibility index (Phi) is 72.5. The summed E-state index contributed by atoms with van der Waals surface area (Å²) in [6, 6.07) is 0. The number of esters is 4. The van der Waals surface area contributed by atoms with E-state index in [-0.39, 0.29) is 25.7 Å². The largest absolute Gasteiger partial charge is 0.472 e. The first-order chi connectivity index (χ1) is 50.2. The summed E-state index contributed by atoms with van der Waals surface area (Å²) in [4.78, 5) is 73.2. The Balaban J connectivity index is 5.28. The van der Waals surface area contributed by atoms with E-state index in [2.05, 4.69) is 55.4 Å². The van der Waals surface area contributed by atoms with Gasteiger partial charge in [-0.1, -0.05) is 389 Å². The Bertz CT molecular complexity index is 2030. The molecule has 0 amide bonds. The van der Waals surface area contributed by atoms with Gasteiger partial charge in [-0.25, -0.2) is 9.13 Å². The van der Waals surface area contributed by atoms with Crippen LogP contribution in [0.1, 0.15) is 441 Å². The van der Waals surface area contributed by atoms with Crippen LogP contribution in [0.2, 0.25) is 0 Å². The summed E-state index contributed by atoms with van der Waals surface area (Å²) in [7, 11) is -9.93. The number of unbranched alkanes of at least 4 members (excludes halogenated alkanes) is 46. The van der Waals surface area contributed by atoms with Gasteiger partial charge in [0.25, 0.3) is 0 Å². The fourth-order valence-corrected chi connectivity index (χ4v) is 14.7. The van der Waals surface area contributed by atoms with Crippen LogP contribution in [-0.4, -0.2) is 96.7 Å². The van der Waals surface area contributed by atoms with Crippen molar-refractivity contribution in [2.24, 2.45) is 23.7 Å². The van der Waals surface area contributed by atoms with E-state index in [1.165, 1.54) is 244 Å². The summed E-state index contributed by atoms with van der Waals surface area (Å²) in [6.07, 6.45) is 62.2. The van der Waals surface area contributed by atoms with Crippen LogP contribution in [0.4, 0.5) is 0 Å². The average Bonchev–Trinajstić information content (AvgIpc) is 0.902. The van der Waals surface area contributed by atoms with E-state index >= 15 is 0 Å². The topological polar surface area (TPSA) is 237 Å². The summed E-state index contributed by atoms with van der Waals surface area (Å²) in [5, 5.41) is 10.7. The number of hydrogen-bond acceptors (Lipinski definition) is 15. The third-order valence-electron chi connectivity index (χ3n) is 20.5. The smallest absolute Gasteiger partial charge is 0.462 e. The zero-order valence-corrected chi connectivity index (χ0v) is 70.5. The molecule has 0 fully saturated rings. The van der Waals surface area contributed by atoms with Crippen LogP contribution in [0.5, 0.6) is 0 Å². The molecule has 104 heavy (non-hydrogen) atoms. The van der Waals surface area contributed by atoms with Gasteiger partial charge in [0.1, 0.15) is 19.3 Å². The first kappa shape index (κ1) is 102. The zero-order chi connectivity index (χ0) is 76.7. The van der Waals surface area contributed by atoms with Crippen molar-refractivity contribution in [3.8, 4) is 0 Å². The predicted molar refractivity (Wildman–Crippen MR) is 428 cm³/mol. The Hall–Kier alpha value is -1.94. The summed E-state index contributed by atoms with van der Waals surface area (Å²) in [6.45, 7) is 14.4. The maximum absolute atomic E-state index is 13.1. The van der Waals surface area contributed by atoms with Crippen molar-refractivity contribution >= 4 is 39.5 Å². The number of aliphatic hydroxyl groups excluding tert-OH is 1. The molecule has 0 saturated carbocycles. The molecule has 7 atom stereocenters. The molecular weight excluding hydrogens is 1350 g/mol. The van der Waals surface area contributed by atoms with Gasteiger partial charge in [-0.05, 0) is 49.4 Å². The van der Waals surface area contributed by atoms with Crippen LogP contribution in [-0.2, 0) is 65.4 Å². The lowest BCUT2D eigenvalue weighted by atomic mass is 9.99. The first-order valence-electron chi connectivity index (χ1n) is 43.8. The molecule has 0 rings (SSSR count). The predicted octanol–water partition coefficient (Wildman–Crippen LogP) is 25.6. The minimum Gasteiger partial charge on any atom is -0.462 e. The lowest BCUT2D eigenvalue weighted by Crippen LogP contribution is -2.30. The maximum atomic E-state index is 13.1. The van der Waals surface area contributed by atoms with Crippen molar-refractivity contribution in [2.75, 3.05) is 39.6 Å². The van der Waals surface area contributed by atoms with Gasteiger partial charge in [0.2, 0.25) is 0 Å². The van der Waals surface area contributed by atoms with Gasteiger partial charge >= 0.3 is 39.5 Å². The normalized spacial score (nSPS) is 14.5. The summed E-state index contributed by atoms with van der Waals surface area (Å²) in [5.74, 6) is 1.11. The fraction of sp³-hybridized carbons (Fsp3) is 0.953. The molecule has 0 aliphatic carbocycles.